The molecule has 0 amide bonds. The molecule has 2 aliphatic rings. The second-order valence-corrected chi connectivity index (χ2v) is 6.32. The quantitative estimate of drug-likeness (QED) is 0.743. The van der Waals surface area contributed by atoms with Gasteiger partial charge in [0.1, 0.15) is 0 Å². The Morgan fingerprint density at radius 3 is 2.70 bits per heavy atom. The van der Waals surface area contributed by atoms with E-state index in [0.717, 1.165) is 52.1 Å². The predicted molar refractivity (Wildman–Crippen MR) is 78.9 cm³/mol. The third-order valence-corrected chi connectivity index (χ3v) is 4.47. The van der Waals surface area contributed by atoms with Gasteiger partial charge in [0.15, 0.2) is 0 Å². The standard InChI is InChI=1S/C15H30N2O3/c1-3-16-14-4-7-20-11-13(14)10-17(2)12-15(18)5-8-19-9-6-15/h13-14,16,18H,3-12H2,1-2H3. The van der Waals surface area contributed by atoms with Crippen molar-refractivity contribution in [3.8, 4) is 0 Å². The highest BCUT2D eigenvalue weighted by Gasteiger charge is 2.33. The first-order valence-electron chi connectivity index (χ1n) is 7.93. The summed E-state index contributed by atoms with van der Waals surface area (Å²) < 4.78 is 11.0. The number of hydrogen-bond acceptors (Lipinski definition) is 5. The molecule has 0 aliphatic carbocycles. The summed E-state index contributed by atoms with van der Waals surface area (Å²) in [7, 11) is 2.10. The van der Waals surface area contributed by atoms with E-state index in [1.54, 1.807) is 0 Å². The van der Waals surface area contributed by atoms with E-state index in [0.29, 0.717) is 25.2 Å². The maximum Gasteiger partial charge on any atom is 0.0817 e. The van der Waals surface area contributed by atoms with Crippen LogP contribution in [0.15, 0.2) is 0 Å². The Bertz CT molecular complexity index is 280. The fourth-order valence-corrected chi connectivity index (χ4v) is 3.38. The minimum absolute atomic E-state index is 0.511. The van der Waals surface area contributed by atoms with Gasteiger partial charge in [-0.15, -0.1) is 0 Å². The van der Waals surface area contributed by atoms with Gasteiger partial charge in [-0.1, -0.05) is 6.92 Å². The number of nitrogens with zero attached hydrogens (tertiary/aromatic N) is 1. The molecule has 5 nitrogen and oxygen atoms in total. The number of ether oxygens (including phenoxy) is 2. The molecule has 2 unspecified atom stereocenters. The summed E-state index contributed by atoms with van der Waals surface area (Å²) in [6.45, 7) is 7.90. The van der Waals surface area contributed by atoms with Gasteiger partial charge in [0.2, 0.25) is 0 Å². The molecule has 0 aromatic carbocycles. The number of hydrogen-bond donors (Lipinski definition) is 2. The van der Waals surface area contributed by atoms with Crippen LogP contribution in [0.3, 0.4) is 0 Å². The molecule has 0 radical (unpaired) electrons. The summed E-state index contributed by atoms with van der Waals surface area (Å²) in [6.07, 6.45) is 2.58. The van der Waals surface area contributed by atoms with Gasteiger partial charge in [-0.2, -0.15) is 0 Å². The van der Waals surface area contributed by atoms with Crippen molar-refractivity contribution >= 4 is 0 Å². The normalized spacial score (nSPS) is 30.6. The lowest BCUT2D eigenvalue weighted by Crippen LogP contribution is -2.51. The largest absolute Gasteiger partial charge is 0.388 e. The molecule has 2 fully saturated rings. The van der Waals surface area contributed by atoms with Crippen LogP contribution in [0.25, 0.3) is 0 Å². The van der Waals surface area contributed by atoms with Crippen molar-refractivity contribution in [3.05, 3.63) is 0 Å². The molecule has 0 spiro atoms. The summed E-state index contributed by atoms with van der Waals surface area (Å²) in [5.74, 6) is 0.511. The van der Waals surface area contributed by atoms with Crippen molar-refractivity contribution in [2.24, 2.45) is 5.92 Å². The summed E-state index contributed by atoms with van der Waals surface area (Å²) in [5.41, 5.74) is -0.573. The Morgan fingerprint density at radius 2 is 2.00 bits per heavy atom. The first kappa shape index (κ1) is 16.2. The maximum atomic E-state index is 10.6. The molecule has 0 aromatic rings. The SMILES string of the molecule is CCNC1CCOCC1CN(C)CC1(O)CCOCC1. The van der Waals surface area contributed by atoms with Crippen LogP contribution in [0, 0.1) is 5.92 Å². The fourth-order valence-electron chi connectivity index (χ4n) is 3.38. The highest BCUT2D eigenvalue weighted by Crippen LogP contribution is 2.23. The van der Waals surface area contributed by atoms with Crippen LogP contribution in [-0.4, -0.2) is 74.8 Å². The number of nitrogens with one attached hydrogen (secondary N) is 1. The molecule has 2 N–H and O–H groups in total. The van der Waals surface area contributed by atoms with Gasteiger partial charge in [0.25, 0.3) is 0 Å². The zero-order valence-corrected chi connectivity index (χ0v) is 12.9. The van der Waals surface area contributed by atoms with Crippen molar-refractivity contribution in [3.63, 3.8) is 0 Å². The fraction of sp³-hybridized carbons (Fsp3) is 1.00. The van der Waals surface area contributed by atoms with Gasteiger partial charge in [-0.3, -0.25) is 0 Å². The molecule has 5 heteroatoms. The van der Waals surface area contributed by atoms with Crippen LogP contribution in [0.1, 0.15) is 26.2 Å². The maximum absolute atomic E-state index is 10.6. The lowest BCUT2D eigenvalue weighted by molar-refractivity contribution is -0.0811. The van der Waals surface area contributed by atoms with Gasteiger partial charge in [-0.05, 0) is 20.0 Å². The Morgan fingerprint density at radius 1 is 1.25 bits per heavy atom. The summed E-state index contributed by atoms with van der Waals surface area (Å²) >= 11 is 0. The van der Waals surface area contributed by atoms with E-state index in [1.165, 1.54) is 0 Å². The molecule has 2 atom stereocenters. The topological polar surface area (TPSA) is 54.0 Å². The van der Waals surface area contributed by atoms with Gasteiger partial charge in [0, 0.05) is 57.7 Å². The smallest absolute Gasteiger partial charge is 0.0817 e. The van der Waals surface area contributed by atoms with Gasteiger partial charge < -0.3 is 24.8 Å². The lowest BCUT2D eigenvalue weighted by atomic mass is 9.92. The van der Waals surface area contributed by atoms with Crippen LogP contribution in [0.4, 0.5) is 0 Å². The van der Waals surface area contributed by atoms with Crippen LogP contribution < -0.4 is 5.32 Å². The molecule has 20 heavy (non-hydrogen) atoms. The average molecular weight is 286 g/mol. The molecule has 2 aliphatic heterocycles. The number of likely N-dealkylation sites (N-methyl/N-ethyl adjacent to an activating group) is 1. The van der Waals surface area contributed by atoms with E-state index in [9.17, 15) is 5.11 Å². The van der Waals surface area contributed by atoms with Crippen LogP contribution in [0.5, 0.6) is 0 Å². The molecular weight excluding hydrogens is 256 g/mol. The molecule has 2 saturated heterocycles. The van der Waals surface area contributed by atoms with E-state index in [4.69, 9.17) is 9.47 Å². The lowest BCUT2D eigenvalue weighted by Gasteiger charge is -2.39. The third kappa shape index (κ3) is 4.67. The van der Waals surface area contributed by atoms with Crippen LogP contribution >= 0.6 is 0 Å². The molecule has 2 heterocycles. The summed E-state index contributed by atoms with van der Waals surface area (Å²) in [4.78, 5) is 2.26. The van der Waals surface area contributed by atoms with Crippen molar-refractivity contribution in [2.45, 2.75) is 37.8 Å². The highest BCUT2D eigenvalue weighted by atomic mass is 16.5. The Kier molecular flexibility index (Phi) is 6.23. The molecule has 0 bridgehead atoms. The van der Waals surface area contributed by atoms with E-state index in [1.807, 2.05) is 0 Å². The molecule has 0 aromatic heterocycles. The van der Waals surface area contributed by atoms with Gasteiger partial charge >= 0.3 is 0 Å². The molecule has 118 valence electrons. The third-order valence-electron chi connectivity index (χ3n) is 4.47. The van der Waals surface area contributed by atoms with Crippen molar-refractivity contribution in [2.75, 3.05) is 53.1 Å². The number of rotatable bonds is 6. The van der Waals surface area contributed by atoms with Gasteiger partial charge in [-0.25, -0.2) is 0 Å². The predicted octanol–water partition coefficient (Wildman–Crippen LogP) is 0.474. The van der Waals surface area contributed by atoms with E-state index in [2.05, 4.69) is 24.2 Å². The van der Waals surface area contributed by atoms with Crippen molar-refractivity contribution in [1.29, 1.82) is 0 Å². The zero-order chi connectivity index (χ0) is 14.4. The average Bonchev–Trinajstić information content (AvgIpc) is 2.41. The second kappa shape index (κ2) is 7.71. The summed E-state index contributed by atoms with van der Waals surface area (Å²) in [5, 5.41) is 14.1. The summed E-state index contributed by atoms with van der Waals surface area (Å²) in [6, 6.07) is 0.542. The Labute approximate surface area is 122 Å². The van der Waals surface area contributed by atoms with Crippen LogP contribution in [-0.2, 0) is 9.47 Å². The zero-order valence-electron chi connectivity index (χ0n) is 12.9. The molecule has 2 rings (SSSR count). The monoisotopic (exact) mass is 286 g/mol. The van der Waals surface area contributed by atoms with E-state index >= 15 is 0 Å². The first-order chi connectivity index (χ1) is 9.63. The highest BCUT2D eigenvalue weighted by molar-refractivity contribution is 4.87. The minimum Gasteiger partial charge on any atom is -0.388 e. The first-order valence-corrected chi connectivity index (χ1v) is 7.93. The van der Waals surface area contributed by atoms with E-state index < -0.39 is 5.60 Å². The van der Waals surface area contributed by atoms with Crippen molar-refractivity contribution < 1.29 is 14.6 Å². The Hall–Kier alpha value is -0.200. The number of aliphatic hydroxyl groups is 1. The second-order valence-electron chi connectivity index (χ2n) is 6.32. The molecular formula is C15H30N2O3. The molecule has 0 saturated carbocycles. The van der Waals surface area contributed by atoms with Crippen molar-refractivity contribution in [1.82, 2.24) is 10.2 Å². The van der Waals surface area contributed by atoms with Crippen LogP contribution in [0.2, 0.25) is 0 Å². The van der Waals surface area contributed by atoms with E-state index in [-0.39, 0.29) is 0 Å². The Balaban J connectivity index is 1.81. The minimum atomic E-state index is -0.573. The van der Waals surface area contributed by atoms with Gasteiger partial charge in [0.05, 0.1) is 12.2 Å².